The summed E-state index contributed by atoms with van der Waals surface area (Å²) < 4.78 is 27.8. The van der Waals surface area contributed by atoms with Crippen molar-refractivity contribution in [1.29, 1.82) is 0 Å². The van der Waals surface area contributed by atoms with Gasteiger partial charge in [0.1, 0.15) is 11.6 Å². The van der Waals surface area contributed by atoms with Crippen LogP contribution in [0.2, 0.25) is 0 Å². The first-order valence-corrected chi connectivity index (χ1v) is 5.52. The first kappa shape index (κ1) is 10.2. The number of halogens is 2. The molecule has 0 atom stereocenters. The molecule has 2 aromatic heterocycles. The van der Waals surface area contributed by atoms with Crippen molar-refractivity contribution in [3.05, 3.63) is 36.0 Å². The summed E-state index contributed by atoms with van der Waals surface area (Å²) in [6.45, 7) is 0. The zero-order valence-electron chi connectivity index (χ0n) is 8.39. The molecule has 0 saturated heterocycles. The van der Waals surface area contributed by atoms with Crippen LogP contribution in [0.25, 0.3) is 16.2 Å². The van der Waals surface area contributed by atoms with Crippen molar-refractivity contribution in [2.75, 3.05) is 5.73 Å². The second-order valence-electron chi connectivity index (χ2n) is 3.42. The lowest BCUT2D eigenvalue weighted by Gasteiger charge is -1.98. The van der Waals surface area contributed by atoms with Crippen LogP contribution >= 0.6 is 11.3 Å². The van der Waals surface area contributed by atoms with E-state index in [1.54, 1.807) is 6.20 Å². The number of hydrogen-bond acceptors (Lipinski definition) is 4. The van der Waals surface area contributed by atoms with Crippen LogP contribution in [-0.4, -0.2) is 14.6 Å². The van der Waals surface area contributed by atoms with E-state index in [9.17, 15) is 8.78 Å². The summed E-state index contributed by atoms with van der Waals surface area (Å²) in [4.78, 5) is 4.74. The van der Waals surface area contributed by atoms with Crippen LogP contribution in [0.1, 0.15) is 0 Å². The van der Waals surface area contributed by atoms with E-state index in [1.807, 2.05) is 0 Å². The van der Waals surface area contributed by atoms with Crippen LogP contribution in [0.15, 0.2) is 24.4 Å². The molecule has 1 aromatic carbocycles. The van der Waals surface area contributed by atoms with E-state index in [4.69, 9.17) is 5.73 Å². The lowest BCUT2D eigenvalue weighted by atomic mass is 10.1. The Labute approximate surface area is 98.3 Å². The van der Waals surface area contributed by atoms with Crippen molar-refractivity contribution in [2.45, 2.75) is 0 Å². The fraction of sp³-hybridized carbons (Fsp3) is 0. The second kappa shape index (κ2) is 3.49. The molecular weight excluding hydrogens is 246 g/mol. The van der Waals surface area contributed by atoms with Gasteiger partial charge in [0.25, 0.3) is 0 Å². The van der Waals surface area contributed by atoms with Gasteiger partial charge in [-0.15, -0.1) is 5.10 Å². The molecule has 3 rings (SSSR count). The Morgan fingerprint density at radius 2 is 2.12 bits per heavy atom. The lowest BCUT2D eigenvalue weighted by molar-refractivity contribution is 0.585. The van der Waals surface area contributed by atoms with Crippen LogP contribution in [0.5, 0.6) is 0 Å². The number of benzene rings is 1. The predicted octanol–water partition coefficient (Wildman–Crippen LogP) is 2.32. The molecule has 0 bridgehead atoms. The zero-order chi connectivity index (χ0) is 12.0. The largest absolute Gasteiger partial charge is 0.374 e. The molecule has 0 aliphatic heterocycles. The minimum absolute atomic E-state index is 0.239. The molecule has 3 aromatic rings. The molecule has 2 N–H and O–H groups in total. The third kappa shape index (κ3) is 1.64. The Balaban J connectivity index is 2.16. The van der Waals surface area contributed by atoms with E-state index in [-0.39, 0.29) is 5.56 Å². The van der Waals surface area contributed by atoms with E-state index in [0.717, 1.165) is 6.07 Å². The second-order valence-corrected chi connectivity index (χ2v) is 4.41. The number of nitrogens with zero attached hydrogens (tertiary/aromatic N) is 3. The summed E-state index contributed by atoms with van der Waals surface area (Å²) in [5.74, 6) is -1.27. The van der Waals surface area contributed by atoms with Gasteiger partial charge in [0.2, 0.25) is 10.1 Å². The van der Waals surface area contributed by atoms with Gasteiger partial charge in [0.15, 0.2) is 0 Å². The molecule has 0 spiro atoms. The number of aromatic nitrogens is 3. The van der Waals surface area contributed by atoms with E-state index in [0.29, 0.717) is 15.8 Å². The third-order valence-electron chi connectivity index (χ3n) is 2.27. The molecule has 4 nitrogen and oxygen atoms in total. The number of rotatable bonds is 1. The van der Waals surface area contributed by atoms with Crippen molar-refractivity contribution >= 4 is 21.4 Å². The Morgan fingerprint density at radius 3 is 2.82 bits per heavy atom. The fourth-order valence-corrected chi connectivity index (χ4v) is 2.19. The molecule has 0 saturated carbocycles. The summed E-state index contributed by atoms with van der Waals surface area (Å²) in [5.41, 5.74) is 6.14. The van der Waals surface area contributed by atoms with Crippen molar-refractivity contribution in [3.63, 3.8) is 0 Å². The van der Waals surface area contributed by atoms with Crippen molar-refractivity contribution in [1.82, 2.24) is 14.6 Å². The topological polar surface area (TPSA) is 56.2 Å². The maximum atomic E-state index is 13.5. The van der Waals surface area contributed by atoms with Gasteiger partial charge in [-0.25, -0.2) is 18.3 Å². The van der Waals surface area contributed by atoms with E-state index < -0.39 is 11.6 Å². The van der Waals surface area contributed by atoms with Gasteiger partial charge < -0.3 is 5.73 Å². The van der Waals surface area contributed by atoms with Gasteiger partial charge in [-0.05, 0) is 12.1 Å². The first-order valence-electron chi connectivity index (χ1n) is 4.70. The summed E-state index contributed by atoms with van der Waals surface area (Å²) in [6.07, 6.45) is 1.55. The Morgan fingerprint density at radius 1 is 1.29 bits per heavy atom. The number of imidazole rings is 1. The number of anilines is 1. The molecule has 0 radical (unpaired) electrons. The van der Waals surface area contributed by atoms with Crippen molar-refractivity contribution < 1.29 is 8.78 Å². The smallest absolute Gasteiger partial charge is 0.214 e. The molecule has 17 heavy (non-hydrogen) atoms. The van der Waals surface area contributed by atoms with Crippen LogP contribution in [0.3, 0.4) is 0 Å². The highest BCUT2D eigenvalue weighted by atomic mass is 32.1. The summed E-state index contributed by atoms with van der Waals surface area (Å²) >= 11 is 1.20. The minimum Gasteiger partial charge on any atom is -0.374 e. The molecule has 86 valence electrons. The molecule has 0 unspecified atom stereocenters. The third-order valence-corrected chi connectivity index (χ3v) is 3.02. The summed E-state index contributed by atoms with van der Waals surface area (Å²) in [6, 6.07) is 3.36. The maximum absolute atomic E-state index is 13.5. The molecule has 0 amide bonds. The average molecular weight is 252 g/mol. The molecule has 2 heterocycles. The molecular formula is C10H6F2N4S. The van der Waals surface area contributed by atoms with E-state index in [2.05, 4.69) is 10.1 Å². The van der Waals surface area contributed by atoms with Gasteiger partial charge in [-0.1, -0.05) is 11.3 Å². The Kier molecular flexibility index (Phi) is 2.08. The Hall–Kier alpha value is -2.02. The number of fused-ring (bicyclic) bond motifs is 1. The van der Waals surface area contributed by atoms with E-state index in [1.165, 1.54) is 28.0 Å². The fourth-order valence-electron chi connectivity index (χ4n) is 1.54. The summed E-state index contributed by atoms with van der Waals surface area (Å²) in [5, 5.41) is 4.35. The molecule has 0 fully saturated rings. The maximum Gasteiger partial charge on any atom is 0.214 e. The van der Waals surface area contributed by atoms with Crippen molar-refractivity contribution in [2.24, 2.45) is 0 Å². The highest BCUT2D eigenvalue weighted by Crippen LogP contribution is 2.25. The van der Waals surface area contributed by atoms with E-state index >= 15 is 0 Å². The van der Waals surface area contributed by atoms with Gasteiger partial charge >= 0.3 is 0 Å². The monoisotopic (exact) mass is 252 g/mol. The van der Waals surface area contributed by atoms with Crippen LogP contribution in [-0.2, 0) is 0 Å². The first-order chi connectivity index (χ1) is 8.13. The van der Waals surface area contributed by atoms with Crippen LogP contribution < -0.4 is 5.73 Å². The zero-order valence-corrected chi connectivity index (χ0v) is 9.21. The van der Waals surface area contributed by atoms with Gasteiger partial charge in [-0.2, -0.15) is 0 Å². The predicted molar refractivity (Wildman–Crippen MR) is 60.6 cm³/mol. The molecule has 7 heteroatoms. The summed E-state index contributed by atoms with van der Waals surface area (Å²) in [7, 11) is 0. The average Bonchev–Trinajstić information content (AvgIpc) is 2.74. The quantitative estimate of drug-likeness (QED) is 0.723. The highest BCUT2D eigenvalue weighted by molar-refractivity contribution is 7.20. The molecule has 0 aliphatic rings. The van der Waals surface area contributed by atoms with Gasteiger partial charge in [-0.3, -0.25) is 0 Å². The van der Waals surface area contributed by atoms with Crippen molar-refractivity contribution in [3.8, 4) is 11.3 Å². The minimum atomic E-state index is -0.649. The standard InChI is InChI=1S/C10H6F2N4S/c11-5-1-2-6(7(12)3-5)8-4-16-10(14-8)17-9(13)15-16/h1-4H,(H2,13,15). The normalized spacial score (nSPS) is 11.2. The highest BCUT2D eigenvalue weighted by Gasteiger charge is 2.12. The number of hydrogen-bond donors (Lipinski definition) is 1. The lowest BCUT2D eigenvalue weighted by Crippen LogP contribution is -1.87. The van der Waals surface area contributed by atoms with Gasteiger partial charge in [0.05, 0.1) is 11.9 Å². The molecule has 0 aliphatic carbocycles. The Bertz CT molecular complexity index is 672. The van der Waals surface area contributed by atoms with Gasteiger partial charge in [0, 0.05) is 11.6 Å². The number of nitrogens with two attached hydrogens (primary N) is 1. The SMILES string of the molecule is Nc1nn2cc(-c3ccc(F)cc3F)nc2s1. The van der Waals surface area contributed by atoms with Crippen LogP contribution in [0.4, 0.5) is 13.9 Å². The number of nitrogen functional groups attached to an aromatic ring is 1. The van der Waals surface area contributed by atoms with Crippen LogP contribution in [0, 0.1) is 11.6 Å².